The zero-order valence-electron chi connectivity index (χ0n) is 13.5. The summed E-state index contributed by atoms with van der Waals surface area (Å²) in [6.07, 6.45) is 3.60. The first-order valence-electron chi connectivity index (χ1n) is 7.71. The van der Waals surface area contributed by atoms with Crippen LogP contribution in [0.3, 0.4) is 0 Å². The molecular formula is C19H15ClO4S. The Kier molecular flexibility index (Phi) is 5.46. The summed E-state index contributed by atoms with van der Waals surface area (Å²) in [7, 11) is 0. The Morgan fingerprint density at radius 1 is 1.32 bits per heavy atom. The molecule has 0 N–H and O–H groups in total. The van der Waals surface area contributed by atoms with Crippen molar-refractivity contribution in [3.05, 3.63) is 74.4 Å². The van der Waals surface area contributed by atoms with E-state index in [2.05, 4.69) is 0 Å². The Morgan fingerprint density at radius 2 is 2.16 bits per heavy atom. The zero-order chi connectivity index (χ0) is 17.8. The topological polar surface area (TPSA) is 56.5 Å². The molecule has 0 aliphatic carbocycles. The van der Waals surface area contributed by atoms with Crippen molar-refractivity contribution in [3.8, 4) is 0 Å². The Hall–Kier alpha value is -2.24. The number of halogens is 1. The van der Waals surface area contributed by atoms with Gasteiger partial charge in [-0.3, -0.25) is 4.79 Å². The molecule has 0 atom stereocenters. The van der Waals surface area contributed by atoms with Crippen molar-refractivity contribution in [3.63, 3.8) is 0 Å². The maximum atomic E-state index is 12.7. The molecule has 25 heavy (non-hydrogen) atoms. The number of thioether (sulfide) groups is 1. The predicted molar refractivity (Wildman–Crippen MR) is 98.1 cm³/mol. The first-order valence-corrected chi connectivity index (χ1v) is 8.90. The lowest BCUT2D eigenvalue weighted by molar-refractivity contribution is -0.139. The average Bonchev–Trinajstić information content (AvgIpc) is 3.17. The number of allylic oxidation sites excluding steroid dienone is 2. The molecule has 0 saturated heterocycles. The fraction of sp³-hybridized carbons (Fsp3) is 0.158. The Morgan fingerprint density at radius 3 is 2.84 bits per heavy atom. The summed E-state index contributed by atoms with van der Waals surface area (Å²) in [5.74, 6) is -0.375. The van der Waals surface area contributed by atoms with Gasteiger partial charge >= 0.3 is 5.97 Å². The van der Waals surface area contributed by atoms with Gasteiger partial charge in [0.15, 0.2) is 0 Å². The molecule has 4 nitrogen and oxygen atoms in total. The molecular weight excluding hydrogens is 360 g/mol. The summed E-state index contributed by atoms with van der Waals surface area (Å²) in [4.78, 5) is 26.1. The molecule has 1 aromatic heterocycles. The van der Waals surface area contributed by atoms with Gasteiger partial charge in [0, 0.05) is 16.3 Å². The highest BCUT2D eigenvalue weighted by Crippen LogP contribution is 2.41. The van der Waals surface area contributed by atoms with Gasteiger partial charge in [0.2, 0.25) is 5.78 Å². The van der Waals surface area contributed by atoms with Crippen LogP contribution in [-0.4, -0.2) is 18.4 Å². The van der Waals surface area contributed by atoms with Gasteiger partial charge in [0.25, 0.3) is 0 Å². The maximum Gasteiger partial charge on any atom is 0.343 e. The van der Waals surface area contributed by atoms with Crippen LogP contribution >= 0.6 is 23.4 Å². The van der Waals surface area contributed by atoms with Gasteiger partial charge in [0.05, 0.1) is 17.8 Å². The SMILES string of the molecule is CCOC(=O)C1=C(Cc2cccc(Cl)c2)S/C(=C\c2ccco2)C1=O. The van der Waals surface area contributed by atoms with E-state index in [1.165, 1.54) is 18.0 Å². The molecule has 0 spiro atoms. The maximum absolute atomic E-state index is 12.7. The predicted octanol–water partition coefficient (Wildman–Crippen LogP) is 4.65. The number of hydrogen-bond acceptors (Lipinski definition) is 5. The van der Waals surface area contributed by atoms with E-state index in [0.717, 1.165) is 5.56 Å². The summed E-state index contributed by atoms with van der Waals surface area (Å²) in [6, 6.07) is 10.8. The Labute approximate surface area is 154 Å². The number of hydrogen-bond donors (Lipinski definition) is 0. The Bertz CT molecular complexity index is 865. The second-order valence-corrected chi connectivity index (χ2v) is 6.85. The van der Waals surface area contributed by atoms with E-state index in [4.69, 9.17) is 20.8 Å². The molecule has 0 amide bonds. The molecule has 128 valence electrons. The summed E-state index contributed by atoms with van der Waals surface area (Å²) in [5, 5.41) is 0.608. The van der Waals surface area contributed by atoms with Gasteiger partial charge in [-0.1, -0.05) is 35.5 Å². The smallest absolute Gasteiger partial charge is 0.343 e. The second-order valence-electron chi connectivity index (χ2n) is 5.28. The molecule has 0 fully saturated rings. The van der Waals surface area contributed by atoms with Gasteiger partial charge in [-0.25, -0.2) is 4.79 Å². The van der Waals surface area contributed by atoms with E-state index in [1.54, 1.807) is 31.2 Å². The molecule has 1 aromatic carbocycles. The van der Waals surface area contributed by atoms with Crippen LogP contribution < -0.4 is 0 Å². The van der Waals surface area contributed by atoms with E-state index >= 15 is 0 Å². The van der Waals surface area contributed by atoms with E-state index in [9.17, 15) is 9.59 Å². The van der Waals surface area contributed by atoms with Crippen LogP contribution in [0.4, 0.5) is 0 Å². The minimum absolute atomic E-state index is 0.0876. The number of ketones is 1. The molecule has 3 rings (SSSR count). The molecule has 0 unspecified atom stereocenters. The van der Waals surface area contributed by atoms with Crippen molar-refractivity contribution in [1.29, 1.82) is 0 Å². The zero-order valence-corrected chi connectivity index (χ0v) is 15.0. The van der Waals surface area contributed by atoms with Crippen molar-refractivity contribution in [1.82, 2.24) is 0 Å². The fourth-order valence-electron chi connectivity index (χ4n) is 2.44. The summed E-state index contributed by atoms with van der Waals surface area (Å²) < 4.78 is 10.3. The van der Waals surface area contributed by atoms with Crippen LogP contribution in [0, 0.1) is 0 Å². The molecule has 0 saturated carbocycles. The van der Waals surface area contributed by atoms with Crippen molar-refractivity contribution in [2.24, 2.45) is 0 Å². The van der Waals surface area contributed by atoms with E-state index < -0.39 is 5.97 Å². The number of ether oxygens (including phenoxy) is 1. The van der Waals surface area contributed by atoms with Gasteiger partial charge < -0.3 is 9.15 Å². The number of esters is 1. The van der Waals surface area contributed by atoms with Gasteiger partial charge in [0.1, 0.15) is 11.3 Å². The summed E-state index contributed by atoms with van der Waals surface area (Å²) >= 11 is 7.29. The number of carbonyl (C=O) groups excluding carboxylic acids is 2. The van der Waals surface area contributed by atoms with Crippen molar-refractivity contribution in [2.75, 3.05) is 6.61 Å². The highest BCUT2D eigenvalue weighted by molar-refractivity contribution is 8.08. The van der Waals surface area contributed by atoms with Crippen LogP contribution in [0.15, 0.2) is 62.5 Å². The molecule has 1 aliphatic rings. The average molecular weight is 375 g/mol. The Balaban J connectivity index is 1.94. The fourth-order valence-corrected chi connectivity index (χ4v) is 3.81. The summed E-state index contributed by atoms with van der Waals surface area (Å²) in [5.41, 5.74) is 1.01. The first-order chi connectivity index (χ1) is 12.1. The molecule has 2 aromatic rings. The largest absolute Gasteiger partial charge is 0.465 e. The molecule has 0 bridgehead atoms. The van der Waals surface area contributed by atoms with Crippen molar-refractivity contribution >= 4 is 41.2 Å². The lowest BCUT2D eigenvalue weighted by Gasteiger charge is -2.05. The van der Waals surface area contributed by atoms with Crippen LogP contribution in [0.1, 0.15) is 18.2 Å². The van der Waals surface area contributed by atoms with Gasteiger partial charge in [-0.15, -0.1) is 0 Å². The van der Waals surface area contributed by atoms with Gasteiger partial charge in [-0.2, -0.15) is 0 Å². The van der Waals surface area contributed by atoms with Crippen molar-refractivity contribution in [2.45, 2.75) is 13.3 Å². The minimum Gasteiger partial charge on any atom is -0.465 e. The highest BCUT2D eigenvalue weighted by atomic mass is 35.5. The van der Waals surface area contributed by atoms with Crippen LogP contribution in [0.5, 0.6) is 0 Å². The molecule has 0 radical (unpaired) electrons. The molecule has 1 aliphatic heterocycles. The lowest BCUT2D eigenvalue weighted by Crippen LogP contribution is -2.14. The molecule has 2 heterocycles. The first kappa shape index (κ1) is 17.6. The van der Waals surface area contributed by atoms with Crippen LogP contribution in [0.25, 0.3) is 6.08 Å². The standard InChI is InChI=1S/C19H15ClO4S/c1-2-23-19(22)17-15(10-12-5-3-6-13(20)9-12)25-16(18(17)21)11-14-7-4-8-24-14/h3-9,11H,2,10H2,1H3/b16-11-. The number of Topliss-reactive ketones (excluding diaryl/α,β-unsaturated/α-hetero) is 1. The third kappa shape index (κ3) is 4.06. The third-order valence-electron chi connectivity index (χ3n) is 3.51. The monoisotopic (exact) mass is 374 g/mol. The molecule has 6 heteroatoms. The number of rotatable bonds is 5. The summed E-state index contributed by atoms with van der Waals surface area (Å²) in [6.45, 7) is 1.92. The highest BCUT2D eigenvalue weighted by Gasteiger charge is 2.34. The minimum atomic E-state index is -0.597. The number of carbonyl (C=O) groups is 2. The van der Waals surface area contributed by atoms with Crippen LogP contribution in [-0.2, 0) is 20.7 Å². The van der Waals surface area contributed by atoms with E-state index in [1.807, 2.05) is 18.2 Å². The van der Waals surface area contributed by atoms with Crippen LogP contribution in [0.2, 0.25) is 5.02 Å². The number of furan rings is 1. The third-order valence-corrected chi connectivity index (χ3v) is 4.87. The van der Waals surface area contributed by atoms with Gasteiger partial charge in [-0.05, 0) is 42.8 Å². The normalized spacial score (nSPS) is 15.9. The van der Waals surface area contributed by atoms with E-state index in [-0.39, 0.29) is 18.0 Å². The number of benzene rings is 1. The second kappa shape index (κ2) is 7.76. The lowest BCUT2D eigenvalue weighted by atomic mass is 10.1. The van der Waals surface area contributed by atoms with E-state index in [0.29, 0.717) is 27.0 Å². The quantitative estimate of drug-likeness (QED) is 0.433. The van der Waals surface area contributed by atoms with Crippen molar-refractivity contribution < 1.29 is 18.7 Å².